The van der Waals surface area contributed by atoms with E-state index in [4.69, 9.17) is 4.74 Å². The fraction of sp³-hybridized carbons (Fsp3) is 0.286. The molecule has 0 saturated heterocycles. The van der Waals surface area contributed by atoms with Crippen molar-refractivity contribution in [2.45, 2.75) is 24.4 Å². The maximum atomic E-state index is 13.2. The van der Waals surface area contributed by atoms with Crippen molar-refractivity contribution in [1.82, 2.24) is 14.5 Å². The number of nitrogens with one attached hydrogen (secondary N) is 1. The molecule has 0 bridgehead atoms. The summed E-state index contributed by atoms with van der Waals surface area (Å²) in [4.78, 5) is 39.2. The van der Waals surface area contributed by atoms with Gasteiger partial charge in [0.15, 0.2) is 0 Å². The molecule has 31 heavy (non-hydrogen) atoms. The number of carbonyl (C=O) groups excluding carboxylic acids is 3. The lowest BCUT2D eigenvalue weighted by molar-refractivity contribution is -0.140. The number of hydrogen-bond donors (Lipinski definition) is 1. The van der Waals surface area contributed by atoms with Crippen LogP contribution in [0.3, 0.4) is 0 Å². The van der Waals surface area contributed by atoms with Crippen LogP contribution in [-0.4, -0.2) is 62.1 Å². The second-order valence-electron chi connectivity index (χ2n) is 6.98. The molecule has 1 aliphatic rings. The zero-order valence-electron chi connectivity index (χ0n) is 17.4. The van der Waals surface area contributed by atoms with Gasteiger partial charge in [0, 0.05) is 13.6 Å². The lowest BCUT2D eigenvalue weighted by Gasteiger charge is -2.29. The van der Waals surface area contributed by atoms with Crippen LogP contribution in [0.15, 0.2) is 53.4 Å². The Morgan fingerprint density at radius 2 is 1.87 bits per heavy atom. The molecule has 1 heterocycles. The number of methoxy groups -OCH3 is 1. The minimum absolute atomic E-state index is 0.0222. The highest BCUT2D eigenvalue weighted by Crippen LogP contribution is 2.30. The molecule has 1 N–H and O–H groups in total. The van der Waals surface area contributed by atoms with Gasteiger partial charge in [-0.3, -0.25) is 14.4 Å². The fourth-order valence-corrected chi connectivity index (χ4v) is 4.88. The van der Waals surface area contributed by atoms with E-state index < -0.39 is 40.3 Å². The van der Waals surface area contributed by atoms with Gasteiger partial charge in [-0.2, -0.15) is 0 Å². The van der Waals surface area contributed by atoms with E-state index >= 15 is 0 Å². The summed E-state index contributed by atoms with van der Waals surface area (Å²) in [6.45, 7) is 0.854. The summed E-state index contributed by atoms with van der Waals surface area (Å²) in [6.07, 6.45) is 0. The maximum absolute atomic E-state index is 13.2. The maximum Gasteiger partial charge on any atom is 0.269 e. The van der Waals surface area contributed by atoms with Gasteiger partial charge in [-0.15, -0.1) is 0 Å². The molecule has 1 unspecified atom stereocenters. The molecule has 0 fully saturated rings. The number of rotatable bonds is 7. The molecule has 0 aliphatic carbocycles. The van der Waals surface area contributed by atoms with Gasteiger partial charge in [-0.05, 0) is 36.8 Å². The van der Waals surface area contributed by atoms with E-state index in [1.807, 2.05) is 0 Å². The number of fused-ring (bicyclic) bond motifs is 1. The normalized spacial score (nSPS) is 15.2. The molecule has 3 amide bonds. The molecule has 2 aromatic rings. The highest BCUT2D eigenvalue weighted by atomic mass is 32.2. The van der Waals surface area contributed by atoms with Crippen LogP contribution in [-0.2, 0) is 26.2 Å². The van der Waals surface area contributed by atoms with Crippen LogP contribution in [0.4, 0.5) is 0 Å². The van der Waals surface area contributed by atoms with Crippen LogP contribution in [0, 0.1) is 0 Å². The molecule has 0 radical (unpaired) electrons. The Balaban J connectivity index is 1.90. The predicted octanol–water partition coefficient (Wildman–Crippen LogP) is 1.00. The fourth-order valence-electron chi connectivity index (χ4n) is 3.36. The quantitative estimate of drug-likeness (QED) is 0.680. The Morgan fingerprint density at radius 1 is 1.16 bits per heavy atom. The Morgan fingerprint density at radius 3 is 2.52 bits per heavy atom. The van der Waals surface area contributed by atoms with Crippen molar-refractivity contribution in [3.8, 4) is 5.75 Å². The first-order chi connectivity index (χ1) is 14.7. The number of ether oxygens (including phenoxy) is 1. The average molecular weight is 445 g/mol. The number of hydrogen-bond acceptors (Lipinski definition) is 6. The lowest BCUT2D eigenvalue weighted by Crippen LogP contribution is -2.50. The molecule has 0 saturated carbocycles. The number of nitrogens with zero attached hydrogens (tertiary/aromatic N) is 2. The average Bonchev–Trinajstić information content (AvgIpc) is 2.97. The summed E-state index contributed by atoms with van der Waals surface area (Å²) in [6, 6.07) is 11.9. The predicted molar refractivity (Wildman–Crippen MR) is 112 cm³/mol. The summed E-state index contributed by atoms with van der Waals surface area (Å²) in [7, 11) is -1.19. The summed E-state index contributed by atoms with van der Waals surface area (Å²) < 4.78 is 31.3. The molecule has 1 aliphatic heterocycles. The highest BCUT2D eigenvalue weighted by molar-refractivity contribution is 7.90. The van der Waals surface area contributed by atoms with E-state index in [9.17, 15) is 22.8 Å². The second-order valence-corrected chi connectivity index (χ2v) is 8.81. The van der Waals surface area contributed by atoms with Gasteiger partial charge < -0.3 is 15.0 Å². The van der Waals surface area contributed by atoms with E-state index in [0.717, 1.165) is 0 Å². The Bertz CT molecular complexity index is 1130. The zero-order chi connectivity index (χ0) is 22.8. The number of amides is 3. The molecule has 9 nitrogen and oxygen atoms in total. The third-order valence-electron chi connectivity index (χ3n) is 5.09. The van der Waals surface area contributed by atoms with Crippen LogP contribution >= 0.6 is 0 Å². The third kappa shape index (κ3) is 4.24. The molecule has 3 rings (SSSR count). The molecule has 1 atom stereocenters. The monoisotopic (exact) mass is 445 g/mol. The van der Waals surface area contributed by atoms with Gasteiger partial charge in [0.1, 0.15) is 23.2 Å². The topological polar surface area (TPSA) is 113 Å². The Kier molecular flexibility index (Phi) is 6.30. The molecule has 164 valence electrons. The second kappa shape index (κ2) is 8.76. The van der Waals surface area contributed by atoms with Gasteiger partial charge >= 0.3 is 0 Å². The van der Waals surface area contributed by atoms with Gasteiger partial charge in [-0.1, -0.05) is 24.3 Å². The van der Waals surface area contributed by atoms with Crippen molar-refractivity contribution >= 4 is 27.7 Å². The first-order valence-electron chi connectivity index (χ1n) is 9.50. The first kappa shape index (κ1) is 22.3. The Hall–Kier alpha value is -3.40. The SMILES string of the molecule is CNC(=O)C(C)N(Cc1cccc(OC)c1)C(=O)CN1C(=O)c2ccccc2S1(=O)=O. The molecular weight excluding hydrogens is 422 g/mol. The minimum Gasteiger partial charge on any atom is -0.497 e. The van der Waals surface area contributed by atoms with Crippen LogP contribution in [0.2, 0.25) is 0 Å². The van der Waals surface area contributed by atoms with E-state index in [-0.39, 0.29) is 17.0 Å². The summed E-state index contributed by atoms with van der Waals surface area (Å²) in [5, 5.41) is 2.48. The van der Waals surface area contributed by atoms with E-state index in [0.29, 0.717) is 15.6 Å². The van der Waals surface area contributed by atoms with Crippen LogP contribution in [0.1, 0.15) is 22.8 Å². The zero-order valence-corrected chi connectivity index (χ0v) is 18.2. The first-order valence-corrected chi connectivity index (χ1v) is 10.9. The van der Waals surface area contributed by atoms with Crippen LogP contribution < -0.4 is 10.1 Å². The van der Waals surface area contributed by atoms with Crippen molar-refractivity contribution in [3.05, 3.63) is 59.7 Å². The molecule has 10 heteroatoms. The van der Waals surface area contributed by atoms with Gasteiger partial charge in [0.05, 0.1) is 12.7 Å². The van der Waals surface area contributed by atoms with Gasteiger partial charge in [0.25, 0.3) is 15.9 Å². The molecule has 2 aromatic carbocycles. The summed E-state index contributed by atoms with van der Waals surface area (Å²) >= 11 is 0. The van der Waals surface area contributed by atoms with Crippen molar-refractivity contribution in [2.75, 3.05) is 20.7 Å². The third-order valence-corrected chi connectivity index (χ3v) is 6.88. The van der Waals surface area contributed by atoms with Crippen molar-refractivity contribution in [1.29, 1.82) is 0 Å². The summed E-state index contributed by atoms with van der Waals surface area (Å²) in [5.41, 5.74) is 0.705. The largest absolute Gasteiger partial charge is 0.497 e. The number of benzene rings is 2. The van der Waals surface area contributed by atoms with E-state index in [1.54, 1.807) is 30.3 Å². The Labute approximate surface area is 180 Å². The number of sulfonamides is 1. The van der Waals surface area contributed by atoms with Crippen LogP contribution in [0.25, 0.3) is 0 Å². The van der Waals surface area contributed by atoms with Gasteiger partial charge in [0.2, 0.25) is 11.8 Å². The van der Waals surface area contributed by atoms with E-state index in [1.165, 1.54) is 44.2 Å². The standard InChI is InChI=1S/C21H23N3O6S/c1-14(20(26)22-2)23(12-15-7-6-8-16(11-15)30-3)19(25)13-24-21(27)17-9-4-5-10-18(17)31(24,28)29/h4-11,14H,12-13H2,1-3H3,(H,22,26). The van der Waals surface area contributed by atoms with E-state index in [2.05, 4.69) is 5.32 Å². The van der Waals surface area contributed by atoms with Crippen molar-refractivity contribution in [2.24, 2.45) is 0 Å². The van der Waals surface area contributed by atoms with Crippen molar-refractivity contribution in [3.63, 3.8) is 0 Å². The number of likely N-dealkylation sites (N-methyl/N-ethyl adjacent to an activating group) is 1. The molecule has 0 aromatic heterocycles. The smallest absolute Gasteiger partial charge is 0.269 e. The van der Waals surface area contributed by atoms with Crippen LogP contribution in [0.5, 0.6) is 5.75 Å². The molecule has 0 spiro atoms. The van der Waals surface area contributed by atoms with Gasteiger partial charge in [-0.25, -0.2) is 12.7 Å². The van der Waals surface area contributed by atoms with Crippen molar-refractivity contribution < 1.29 is 27.5 Å². The summed E-state index contributed by atoms with van der Waals surface area (Å²) in [5.74, 6) is -1.29. The highest BCUT2D eigenvalue weighted by Gasteiger charge is 2.43. The lowest BCUT2D eigenvalue weighted by atomic mass is 10.1. The minimum atomic E-state index is -4.14. The number of carbonyl (C=O) groups is 3. The molecular formula is C21H23N3O6S.